The molecule has 3 aromatic rings. The minimum atomic E-state index is -3.98. The van der Waals surface area contributed by atoms with Crippen LogP contribution < -0.4 is 15.4 Å². The van der Waals surface area contributed by atoms with E-state index >= 15 is 0 Å². The molecule has 0 aliphatic rings. The lowest BCUT2D eigenvalue weighted by Gasteiger charge is -2.18. The highest BCUT2D eigenvalue weighted by Crippen LogP contribution is 2.35. The van der Waals surface area contributed by atoms with E-state index in [1.54, 1.807) is 26.0 Å². The number of nitrogens with one attached hydrogen (secondary N) is 2. The molecule has 0 aromatic heterocycles. The van der Waals surface area contributed by atoms with E-state index in [1.165, 1.54) is 49.4 Å². The van der Waals surface area contributed by atoms with E-state index in [2.05, 4.69) is 10.6 Å². The Kier molecular flexibility index (Phi) is 8.57. The monoisotopic (exact) mass is 544 g/mol. The third-order valence-corrected chi connectivity index (χ3v) is 7.85. The second-order valence-electron chi connectivity index (χ2n) is 8.17. The maximum Gasteiger partial charge on any atom is 0.308 e. The van der Waals surface area contributed by atoms with Gasteiger partial charge in [0.15, 0.2) is 9.84 Å². The standard InChI is InChI=1S/C26H25ClN2O7S/c1-4-24(37(34,35)19-7-5-6-15(2)12-19)26(33)28-21-14-23(31)22(13-20(21)27)29-25(32)17-8-10-18(11-9-17)36-16(3)30/h5-14,24,31H,4H2,1-3H3,(H,28,33)(H,29,32). The maximum absolute atomic E-state index is 13.1. The molecule has 194 valence electrons. The Balaban J connectivity index is 1.77. The zero-order chi connectivity index (χ0) is 27.3. The van der Waals surface area contributed by atoms with Crippen molar-refractivity contribution in [1.29, 1.82) is 0 Å². The lowest BCUT2D eigenvalue weighted by molar-refractivity contribution is -0.131. The molecule has 0 aliphatic carbocycles. The minimum Gasteiger partial charge on any atom is -0.506 e. The third-order valence-electron chi connectivity index (χ3n) is 5.33. The first kappa shape index (κ1) is 27.7. The molecule has 3 rings (SSSR count). The van der Waals surface area contributed by atoms with Crippen LogP contribution in [0.15, 0.2) is 65.6 Å². The van der Waals surface area contributed by atoms with Crippen LogP contribution in [-0.4, -0.2) is 36.6 Å². The predicted molar refractivity (Wildman–Crippen MR) is 140 cm³/mol. The van der Waals surface area contributed by atoms with Crippen LogP contribution in [0.5, 0.6) is 11.5 Å². The van der Waals surface area contributed by atoms with Crippen LogP contribution >= 0.6 is 11.6 Å². The number of rotatable bonds is 8. The van der Waals surface area contributed by atoms with Crippen molar-refractivity contribution < 1.29 is 32.6 Å². The number of aromatic hydroxyl groups is 1. The first-order valence-electron chi connectivity index (χ1n) is 11.2. The van der Waals surface area contributed by atoms with Crippen molar-refractivity contribution in [1.82, 2.24) is 0 Å². The summed E-state index contributed by atoms with van der Waals surface area (Å²) in [6.07, 6.45) is 0.0100. The number of esters is 1. The summed E-state index contributed by atoms with van der Waals surface area (Å²) in [5, 5.41) is 14.0. The Hall–Kier alpha value is -3.89. The van der Waals surface area contributed by atoms with Crippen molar-refractivity contribution in [2.24, 2.45) is 0 Å². The molecule has 11 heteroatoms. The van der Waals surface area contributed by atoms with Gasteiger partial charge in [-0.2, -0.15) is 0 Å². The number of carbonyl (C=O) groups is 3. The number of aryl methyl sites for hydroxylation is 1. The van der Waals surface area contributed by atoms with E-state index in [9.17, 15) is 27.9 Å². The minimum absolute atomic E-state index is 0.0100. The number of anilines is 2. The molecule has 0 saturated heterocycles. The van der Waals surface area contributed by atoms with Crippen molar-refractivity contribution in [3.05, 3.63) is 76.8 Å². The first-order chi connectivity index (χ1) is 17.4. The van der Waals surface area contributed by atoms with Gasteiger partial charge in [-0.1, -0.05) is 30.7 Å². The van der Waals surface area contributed by atoms with Crippen LogP contribution in [0.1, 0.15) is 36.2 Å². The number of hydrogen-bond acceptors (Lipinski definition) is 7. The van der Waals surface area contributed by atoms with Crippen molar-refractivity contribution in [3.63, 3.8) is 0 Å². The smallest absolute Gasteiger partial charge is 0.308 e. The number of benzene rings is 3. The van der Waals surface area contributed by atoms with Gasteiger partial charge in [0, 0.05) is 18.6 Å². The van der Waals surface area contributed by atoms with E-state index < -0.39 is 38.6 Å². The number of phenolic OH excluding ortho intramolecular Hbond substituents is 1. The van der Waals surface area contributed by atoms with Crippen molar-refractivity contribution in [2.75, 3.05) is 10.6 Å². The average Bonchev–Trinajstić information content (AvgIpc) is 2.82. The summed E-state index contributed by atoms with van der Waals surface area (Å²) >= 11 is 6.27. The van der Waals surface area contributed by atoms with Crippen molar-refractivity contribution in [2.45, 2.75) is 37.3 Å². The average molecular weight is 545 g/mol. The van der Waals surface area contributed by atoms with Gasteiger partial charge in [0.05, 0.1) is 21.3 Å². The summed E-state index contributed by atoms with van der Waals surface area (Å²) in [4.78, 5) is 36.5. The van der Waals surface area contributed by atoms with E-state index in [0.29, 0.717) is 0 Å². The first-order valence-corrected chi connectivity index (χ1v) is 13.1. The molecule has 0 spiro atoms. The summed E-state index contributed by atoms with van der Waals surface area (Å²) in [7, 11) is -3.98. The molecule has 0 aliphatic heterocycles. The van der Waals surface area contributed by atoms with Crippen LogP contribution in [0, 0.1) is 6.92 Å². The van der Waals surface area contributed by atoms with Crippen LogP contribution in [0.2, 0.25) is 5.02 Å². The van der Waals surface area contributed by atoms with E-state index in [4.69, 9.17) is 16.3 Å². The fourth-order valence-corrected chi connectivity index (χ4v) is 5.45. The Morgan fingerprint density at radius 2 is 1.68 bits per heavy atom. The normalized spacial score (nSPS) is 11.9. The van der Waals surface area contributed by atoms with Gasteiger partial charge in [0.25, 0.3) is 5.91 Å². The molecular weight excluding hydrogens is 520 g/mol. The fourth-order valence-electron chi connectivity index (χ4n) is 3.51. The number of amides is 2. The topological polar surface area (TPSA) is 139 Å². The van der Waals surface area contributed by atoms with Gasteiger partial charge in [0.2, 0.25) is 5.91 Å². The molecule has 37 heavy (non-hydrogen) atoms. The largest absolute Gasteiger partial charge is 0.506 e. The number of sulfone groups is 1. The van der Waals surface area contributed by atoms with E-state index in [-0.39, 0.29) is 39.0 Å². The maximum atomic E-state index is 13.1. The SMILES string of the molecule is CCC(C(=O)Nc1cc(O)c(NC(=O)c2ccc(OC(C)=O)cc2)cc1Cl)S(=O)(=O)c1cccc(C)c1. The molecule has 0 bridgehead atoms. The summed E-state index contributed by atoms with van der Waals surface area (Å²) in [5.74, 6) is -2.02. The molecule has 3 N–H and O–H groups in total. The fraction of sp³-hybridized carbons (Fsp3) is 0.192. The van der Waals surface area contributed by atoms with Gasteiger partial charge >= 0.3 is 5.97 Å². The molecule has 3 aromatic carbocycles. The second kappa shape index (κ2) is 11.4. The highest BCUT2D eigenvalue weighted by molar-refractivity contribution is 7.92. The number of ether oxygens (including phenoxy) is 1. The molecular formula is C26H25ClN2O7S. The number of phenols is 1. The summed E-state index contributed by atoms with van der Waals surface area (Å²) in [6, 6.07) is 14.4. The molecule has 0 heterocycles. The molecule has 2 amide bonds. The van der Waals surface area contributed by atoms with Crippen molar-refractivity contribution >= 4 is 50.6 Å². The molecule has 0 fully saturated rings. The summed E-state index contributed by atoms with van der Waals surface area (Å²) < 4.78 is 31.1. The summed E-state index contributed by atoms with van der Waals surface area (Å²) in [6.45, 7) is 4.58. The van der Waals surface area contributed by atoms with Gasteiger partial charge in [0.1, 0.15) is 16.7 Å². The zero-order valence-electron chi connectivity index (χ0n) is 20.2. The quantitative estimate of drug-likeness (QED) is 0.212. The molecule has 0 saturated carbocycles. The van der Waals surface area contributed by atoms with E-state index in [1.807, 2.05) is 0 Å². The number of halogens is 1. The van der Waals surface area contributed by atoms with Crippen LogP contribution in [0.4, 0.5) is 11.4 Å². The third kappa shape index (κ3) is 6.66. The predicted octanol–water partition coefficient (Wildman–Crippen LogP) is 4.72. The molecule has 1 atom stereocenters. The lowest BCUT2D eigenvalue weighted by Crippen LogP contribution is -2.34. The van der Waals surface area contributed by atoms with Crippen LogP contribution in [0.3, 0.4) is 0 Å². The van der Waals surface area contributed by atoms with Gasteiger partial charge in [-0.15, -0.1) is 0 Å². The number of carbonyl (C=O) groups excluding carboxylic acids is 3. The lowest BCUT2D eigenvalue weighted by atomic mass is 10.2. The number of hydrogen-bond donors (Lipinski definition) is 3. The molecule has 1 unspecified atom stereocenters. The Labute approximate surface area is 219 Å². The van der Waals surface area contributed by atoms with Gasteiger partial charge in [-0.05, 0) is 61.4 Å². The van der Waals surface area contributed by atoms with Crippen LogP contribution in [-0.2, 0) is 19.4 Å². The van der Waals surface area contributed by atoms with Crippen LogP contribution in [0.25, 0.3) is 0 Å². The Morgan fingerprint density at radius 1 is 1.00 bits per heavy atom. The summed E-state index contributed by atoms with van der Waals surface area (Å²) in [5.41, 5.74) is 0.903. The second-order valence-corrected chi connectivity index (χ2v) is 10.7. The highest BCUT2D eigenvalue weighted by Gasteiger charge is 2.33. The van der Waals surface area contributed by atoms with Gasteiger partial charge in [-0.3, -0.25) is 14.4 Å². The molecule has 9 nitrogen and oxygen atoms in total. The Morgan fingerprint density at radius 3 is 2.27 bits per heavy atom. The van der Waals surface area contributed by atoms with Gasteiger partial charge < -0.3 is 20.5 Å². The Bertz CT molecular complexity index is 1450. The highest BCUT2D eigenvalue weighted by atomic mass is 35.5. The van der Waals surface area contributed by atoms with Gasteiger partial charge in [-0.25, -0.2) is 8.42 Å². The van der Waals surface area contributed by atoms with Crippen molar-refractivity contribution in [3.8, 4) is 11.5 Å². The molecule has 0 radical (unpaired) electrons. The van der Waals surface area contributed by atoms with E-state index in [0.717, 1.165) is 11.6 Å². The zero-order valence-corrected chi connectivity index (χ0v) is 21.8.